The van der Waals surface area contributed by atoms with E-state index in [0.29, 0.717) is 6.04 Å². The van der Waals surface area contributed by atoms with Crippen LogP contribution in [0, 0.1) is 6.92 Å². The first kappa shape index (κ1) is 14.7. The maximum absolute atomic E-state index is 9.03. The molecule has 112 valence electrons. The van der Waals surface area contributed by atoms with Crippen LogP contribution < -0.4 is 10.6 Å². The summed E-state index contributed by atoms with van der Waals surface area (Å²) in [7, 11) is 1.92. The van der Waals surface area contributed by atoms with Gasteiger partial charge in [-0.25, -0.2) is 0 Å². The number of nitrogens with two attached hydrogens (primary N) is 1. The highest BCUT2D eigenvalue weighted by atomic mass is 16.4. The number of aryl methyl sites for hydroxylation is 2. The quantitative estimate of drug-likeness (QED) is 0.384. The lowest BCUT2D eigenvalue weighted by atomic mass is 10.1. The van der Waals surface area contributed by atoms with Crippen LogP contribution in [0.15, 0.2) is 5.16 Å². The van der Waals surface area contributed by atoms with Gasteiger partial charge in [-0.05, 0) is 26.2 Å². The molecule has 0 bridgehead atoms. The first-order valence-electron chi connectivity index (χ1n) is 7.38. The zero-order valence-corrected chi connectivity index (χ0v) is 12.6. The van der Waals surface area contributed by atoms with Gasteiger partial charge in [0.1, 0.15) is 5.82 Å². The second-order valence-corrected chi connectivity index (χ2v) is 5.50. The van der Waals surface area contributed by atoms with Crippen molar-refractivity contribution < 1.29 is 5.21 Å². The van der Waals surface area contributed by atoms with E-state index >= 15 is 0 Å². The summed E-state index contributed by atoms with van der Waals surface area (Å²) in [6.07, 6.45) is 6.00. The molecule has 1 unspecified atom stereocenters. The topological polar surface area (TPSA) is 79.7 Å². The number of aromatic nitrogens is 2. The van der Waals surface area contributed by atoms with Crippen LogP contribution in [0.3, 0.4) is 0 Å². The lowest BCUT2D eigenvalue weighted by molar-refractivity contribution is 0.318. The maximum Gasteiger partial charge on any atom is 0.175 e. The summed E-state index contributed by atoms with van der Waals surface area (Å²) >= 11 is 0. The first-order valence-corrected chi connectivity index (χ1v) is 7.38. The van der Waals surface area contributed by atoms with Crippen molar-refractivity contribution in [2.45, 2.75) is 52.0 Å². The lowest BCUT2D eigenvalue weighted by Gasteiger charge is -2.32. The second kappa shape index (κ2) is 6.15. The normalized spacial score (nSPS) is 21.1. The molecule has 1 aliphatic heterocycles. The molecule has 0 amide bonds. The highest BCUT2D eigenvalue weighted by molar-refractivity contribution is 6.02. The van der Waals surface area contributed by atoms with E-state index in [-0.39, 0.29) is 5.84 Å². The third-order valence-corrected chi connectivity index (χ3v) is 4.18. The minimum absolute atomic E-state index is 0.143. The van der Waals surface area contributed by atoms with Crippen LogP contribution in [-0.4, -0.2) is 33.4 Å². The molecule has 2 rings (SSSR count). The molecule has 3 N–H and O–H groups in total. The number of hydrogen-bond acceptors (Lipinski definition) is 4. The molecule has 2 heterocycles. The largest absolute Gasteiger partial charge is 0.409 e. The molecule has 6 heteroatoms. The van der Waals surface area contributed by atoms with Crippen LogP contribution in [0.1, 0.15) is 50.3 Å². The zero-order valence-electron chi connectivity index (χ0n) is 12.6. The van der Waals surface area contributed by atoms with E-state index < -0.39 is 0 Å². The Morgan fingerprint density at radius 3 is 2.85 bits per heavy atom. The van der Waals surface area contributed by atoms with E-state index in [9.17, 15) is 0 Å². The fraction of sp³-hybridized carbons (Fsp3) is 0.714. The number of anilines is 1. The summed E-state index contributed by atoms with van der Waals surface area (Å²) in [4.78, 5) is 2.39. The Morgan fingerprint density at radius 1 is 1.45 bits per heavy atom. The molecule has 0 aromatic carbocycles. The van der Waals surface area contributed by atoms with Gasteiger partial charge in [0.05, 0.1) is 11.3 Å². The Hall–Kier alpha value is -1.72. The van der Waals surface area contributed by atoms with E-state index in [2.05, 4.69) is 22.1 Å². The fourth-order valence-electron chi connectivity index (χ4n) is 3.21. The van der Waals surface area contributed by atoms with Gasteiger partial charge in [-0.3, -0.25) is 4.68 Å². The molecule has 1 aliphatic rings. The minimum Gasteiger partial charge on any atom is -0.409 e. The summed E-state index contributed by atoms with van der Waals surface area (Å²) < 4.78 is 1.86. The van der Waals surface area contributed by atoms with Crippen molar-refractivity contribution in [1.82, 2.24) is 9.78 Å². The predicted molar refractivity (Wildman–Crippen MR) is 80.3 cm³/mol. The predicted octanol–water partition coefficient (Wildman–Crippen LogP) is 1.98. The van der Waals surface area contributed by atoms with Gasteiger partial charge in [0.15, 0.2) is 5.84 Å². The van der Waals surface area contributed by atoms with Gasteiger partial charge < -0.3 is 15.8 Å². The van der Waals surface area contributed by atoms with Crippen LogP contribution in [0.25, 0.3) is 0 Å². The number of nitrogens with zero attached hydrogens (tertiary/aromatic N) is 4. The molecular formula is C14H25N5O. The van der Waals surface area contributed by atoms with Crippen LogP contribution in [0.2, 0.25) is 0 Å². The van der Waals surface area contributed by atoms with Gasteiger partial charge in [-0.2, -0.15) is 5.10 Å². The smallest absolute Gasteiger partial charge is 0.175 e. The third kappa shape index (κ3) is 2.59. The summed E-state index contributed by atoms with van der Waals surface area (Å²) in [6, 6.07) is 0.498. The molecule has 0 saturated carbocycles. The fourth-order valence-corrected chi connectivity index (χ4v) is 3.21. The molecular weight excluding hydrogens is 254 g/mol. The van der Waals surface area contributed by atoms with Crippen LogP contribution >= 0.6 is 0 Å². The molecule has 0 spiro atoms. The lowest BCUT2D eigenvalue weighted by Crippen LogP contribution is -2.37. The average Bonchev–Trinajstić information content (AvgIpc) is 2.63. The molecule has 6 nitrogen and oxygen atoms in total. The highest BCUT2D eigenvalue weighted by Crippen LogP contribution is 2.30. The van der Waals surface area contributed by atoms with E-state index in [4.69, 9.17) is 10.9 Å². The van der Waals surface area contributed by atoms with E-state index in [1.807, 2.05) is 18.7 Å². The van der Waals surface area contributed by atoms with Gasteiger partial charge in [0, 0.05) is 19.6 Å². The number of rotatable bonds is 3. The molecule has 20 heavy (non-hydrogen) atoms. The van der Waals surface area contributed by atoms with Crippen molar-refractivity contribution in [3.8, 4) is 0 Å². The van der Waals surface area contributed by atoms with Crippen LogP contribution in [0.5, 0.6) is 0 Å². The summed E-state index contributed by atoms with van der Waals surface area (Å²) in [5.74, 6) is 1.12. The van der Waals surface area contributed by atoms with Crippen LogP contribution in [-0.2, 0) is 7.05 Å². The highest BCUT2D eigenvalue weighted by Gasteiger charge is 2.27. The number of oxime groups is 1. The SMILES string of the molecule is CCC1CCCCCN1c1c(C(N)=NO)c(C)nn1C. The standard InChI is InChI=1S/C14H25N5O/c1-4-11-8-6-5-7-9-19(11)14-12(13(15)17-20)10(2)16-18(14)3/h11,20H,4-9H2,1-3H3,(H2,15,17). The first-order chi connectivity index (χ1) is 9.60. The monoisotopic (exact) mass is 279 g/mol. The average molecular weight is 279 g/mol. The van der Waals surface area contributed by atoms with Crippen molar-refractivity contribution in [2.75, 3.05) is 11.4 Å². The molecule has 1 fully saturated rings. The van der Waals surface area contributed by atoms with Crippen molar-refractivity contribution in [2.24, 2.45) is 17.9 Å². The number of amidine groups is 1. The van der Waals surface area contributed by atoms with Gasteiger partial charge in [-0.1, -0.05) is 24.9 Å². The third-order valence-electron chi connectivity index (χ3n) is 4.18. The number of hydrogen-bond donors (Lipinski definition) is 2. The Labute approximate surface area is 120 Å². The van der Waals surface area contributed by atoms with Crippen molar-refractivity contribution in [1.29, 1.82) is 0 Å². The van der Waals surface area contributed by atoms with Gasteiger partial charge in [0.2, 0.25) is 0 Å². The van der Waals surface area contributed by atoms with Gasteiger partial charge in [-0.15, -0.1) is 0 Å². The summed E-state index contributed by atoms with van der Waals surface area (Å²) in [5, 5.41) is 16.7. The molecule has 0 aliphatic carbocycles. The molecule has 1 atom stereocenters. The van der Waals surface area contributed by atoms with E-state index in [0.717, 1.165) is 30.0 Å². The summed E-state index contributed by atoms with van der Waals surface area (Å²) in [5.41, 5.74) is 7.42. The van der Waals surface area contributed by atoms with Gasteiger partial charge >= 0.3 is 0 Å². The minimum atomic E-state index is 0.143. The van der Waals surface area contributed by atoms with Crippen LogP contribution in [0.4, 0.5) is 5.82 Å². The Balaban J connectivity index is 2.49. The maximum atomic E-state index is 9.03. The van der Waals surface area contributed by atoms with E-state index in [1.165, 1.54) is 25.7 Å². The Bertz CT molecular complexity index is 494. The Morgan fingerprint density at radius 2 is 2.20 bits per heavy atom. The summed E-state index contributed by atoms with van der Waals surface area (Å²) in [6.45, 7) is 5.12. The Kier molecular flexibility index (Phi) is 4.52. The molecule has 1 aromatic heterocycles. The van der Waals surface area contributed by atoms with Crippen molar-refractivity contribution in [3.05, 3.63) is 11.3 Å². The molecule has 1 saturated heterocycles. The van der Waals surface area contributed by atoms with Gasteiger partial charge in [0.25, 0.3) is 0 Å². The van der Waals surface area contributed by atoms with E-state index in [1.54, 1.807) is 0 Å². The molecule has 0 radical (unpaired) electrons. The zero-order chi connectivity index (χ0) is 14.7. The van der Waals surface area contributed by atoms with Crippen molar-refractivity contribution >= 4 is 11.7 Å². The second-order valence-electron chi connectivity index (χ2n) is 5.50. The van der Waals surface area contributed by atoms with Crippen molar-refractivity contribution in [3.63, 3.8) is 0 Å². The molecule has 1 aromatic rings.